The molecule has 0 fully saturated rings. The molecule has 0 saturated heterocycles. The zero-order chi connectivity index (χ0) is 20.2. The molecule has 2 heterocycles. The molecule has 0 aromatic carbocycles. The van der Waals surface area contributed by atoms with E-state index in [0.29, 0.717) is 30.4 Å². The first kappa shape index (κ1) is 21.9. The molecule has 0 amide bonds. The summed E-state index contributed by atoms with van der Waals surface area (Å²) >= 11 is 3.30. The highest BCUT2D eigenvalue weighted by Gasteiger charge is 2.05. The van der Waals surface area contributed by atoms with Crippen LogP contribution in [0.4, 0.5) is 0 Å². The van der Waals surface area contributed by atoms with Crippen LogP contribution in [-0.4, -0.2) is 49.6 Å². The van der Waals surface area contributed by atoms with Crippen molar-refractivity contribution in [3.05, 3.63) is 63.9 Å². The summed E-state index contributed by atoms with van der Waals surface area (Å²) in [5.41, 5.74) is 2.73. The van der Waals surface area contributed by atoms with Crippen LogP contribution < -0.4 is 10.6 Å². The number of aromatic nitrogens is 3. The number of H-pyrrole nitrogens is 1. The van der Waals surface area contributed by atoms with E-state index in [1.54, 1.807) is 48.2 Å². The maximum Gasteiger partial charge on any atom is 0.274 e. The lowest BCUT2D eigenvalue weighted by Gasteiger charge is -2.11. The Hall–Kier alpha value is -2.40. The minimum absolute atomic E-state index is 0.182. The van der Waals surface area contributed by atoms with Crippen molar-refractivity contribution in [2.24, 2.45) is 0 Å². The summed E-state index contributed by atoms with van der Waals surface area (Å²) < 4.78 is 0. The first-order valence-corrected chi connectivity index (χ1v) is 11.0. The first-order valence-electron chi connectivity index (χ1n) is 8.66. The predicted octanol–water partition coefficient (Wildman–Crippen LogP) is 2.24. The number of thioether (sulfide) groups is 2. The quantitative estimate of drug-likeness (QED) is 0.217. The minimum atomic E-state index is -0.478. The number of nitrogens with zero attached hydrogens (tertiary/aromatic N) is 3. The van der Waals surface area contributed by atoms with Crippen LogP contribution in [0.25, 0.3) is 0 Å². The van der Waals surface area contributed by atoms with E-state index in [9.17, 15) is 15.2 Å². The van der Waals surface area contributed by atoms with E-state index in [1.165, 1.54) is 0 Å². The van der Waals surface area contributed by atoms with E-state index in [-0.39, 0.29) is 5.75 Å². The van der Waals surface area contributed by atoms with Crippen LogP contribution in [0.15, 0.2) is 36.7 Å². The largest absolute Gasteiger partial charge is 0.506 e. The van der Waals surface area contributed by atoms with Crippen molar-refractivity contribution < 1.29 is 10.0 Å². The minimum Gasteiger partial charge on any atom is -0.506 e. The summed E-state index contributed by atoms with van der Waals surface area (Å²) in [6.45, 7) is 3.15. The zero-order valence-electron chi connectivity index (χ0n) is 15.6. The van der Waals surface area contributed by atoms with Crippen molar-refractivity contribution in [3.8, 4) is 5.75 Å². The highest BCUT2D eigenvalue weighted by molar-refractivity contribution is 7.98. The fourth-order valence-electron chi connectivity index (χ4n) is 2.19. The molecule has 0 spiro atoms. The number of hydrogen-bond acceptors (Lipinski definition) is 9. The van der Waals surface area contributed by atoms with Gasteiger partial charge in [0.25, 0.3) is 6.20 Å². The average Bonchev–Trinajstić information content (AvgIpc) is 3.06. The van der Waals surface area contributed by atoms with Gasteiger partial charge in [-0.15, -0.1) is 0 Å². The van der Waals surface area contributed by atoms with E-state index in [4.69, 9.17) is 0 Å². The molecular weight excluding hydrogens is 400 g/mol. The van der Waals surface area contributed by atoms with Crippen LogP contribution >= 0.6 is 23.5 Å². The Morgan fingerprint density at radius 1 is 1.25 bits per heavy atom. The molecule has 0 aliphatic heterocycles. The number of hydrogen-bond donors (Lipinski definition) is 4. The number of nitrogens with one attached hydrogen (secondary N) is 3. The highest BCUT2D eigenvalue weighted by atomic mass is 32.2. The molecule has 28 heavy (non-hydrogen) atoms. The second-order valence-electron chi connectivity index (χ2n) is 5.73. The second kappa shape index (κ2) is 12.1. The number of aromatic hydroxyl groups is 1. The number of aryl methyl sites for hydroxylation is 1. The van der Waals surface area contributed by atoms with Crippen molar-refractivity contribution in [1.82, 2.24) is 25.6 Å². The van der Waals surface area contributed by atoms with Gasteiger partial charge in [-0.1, -0.05) is 0 Å². The molecule has 0 aliphatic carbocycles. The Bertz CT molecular complexity index is 784. The molecule has 0 saturated carbocycles. The Labute approximate surface area is 172 Å². The molecule has 2 aromatic rings. The lowest BCUT2D eigenvalue weighted by atomic mass is 10.3. The first-order chi connectivity index (χ1) is 13.6. The fourth-order valence-corrected chi connectivity index (χ4v) is 3.87. The number of imidazole rings is 1. The molecule has 0 unspecified atom stereocenters. The van der Waals surface area contributed by atoms with Crippen molar-refractivity contribution >= 4 is 23.5 Å². The Balaban J connectivity index is 1.63. The summed E-state index contributed by atoms with van der Waals surface area (Å²) in [6.07, 6.45) is 4.26. The van der Waals surface area contributed by atoms with E-state index in [0.717, 1.165) is 34.8 Å². The summed E-state index contributed by atoms with van der Waals surface area (Å²) in [5.74, 6) is 3.48. The van der Waals surface area contributed by atoms with E-state index in [2.05, 4.69) is 25.6 Å². The van der Waals surface area contributed by atoms with Gasteiger partial charge >= 0.3 is 0 Å². The Morgan fingerprint density at radius 2 is 1.93 bits per heavy atom. The molecule has 2 rings (SSSR count). The molecule has 4 N–H and O–H groups in total. The number of nitro groups is 1. The summed E-state index contributed by atoms with van der Waals surface area (Å²) in [4.78, 5) is 21.7. The van der Waals surface area contributed by atoms with Gasteiger partial charge in [0.15, 0.2) is 5.82 Å². The molecule has 9 nitrogen and oxygen atoms in total. The number of aromatic amines is 1. The van der Waals surface area contributed by atoms with Crippen molar-refractivity contribution in [1.29, 1.82) is 0 Å². The van der Waals surface area contributed by atoms with Crippen LogP contribution in [0.5, 0.6) is 5.75 Å². The third kappa shape index (κ3) is 8.09. The third-order valence-corrected chi connectivity index (χ3v) is 5.58. The summed E-state index contributed by atoms with van der Waals surface area (Å²) in [6, 6.07) is 3.29. The monoisotopic (exact) mass is 424 g/mol. The Kier molecular flexibility index (Phi) is 9.49. The molecule has 0 radical (unpaired) electrons. The molecule has 0 aliphatic rings. The number of rotatable bonds is 13. The van der Waals surface area contributed by atoms with E-state index in [1.807, 2.05) is 6.92 Å². The SMILES string of the molecule is Cc1[nH]cnc1CSCCNC(=C[N+](=O)[O-])NCCSCc1ncccc1O. The van der Waals surface area contributed by atoms with E-state index < -0.39 is 4.92 Å². The zero-order valence-corrected chi connectivity index (χ0v) is 17.2. The van der Waals surface area contributed by atoms with Crippen LogP contribution in [0.3, 0.4) is 0 Å². The molecule has 2 aromatic heterocycles. The second-order valence-corrected chi connectivity index (χ2v) is 7.94. The van der Waals surface area contributed by atoms with Gasteiger partial charge in [0.2, 0.25) is 0 Å². The molecular formula is C17H24N6O3S2. The van der Waals surface area contributed by atoms with Gasteiger partial charge in [-0.3, -0.25) is 15.1 Å². The smallest absolute Gasteiger partial charge is 0.274 e. The Morgan fingerprint density at radius 3 is 2.50 bits per heavy atom. The normalized spacial score (nSPS) is 11.4. The van der Waals surface area contributed by atoms with E-state index >= 15 is 0 Å². The third-order valence-electron chi connectivity index (χ3n) is 3.64. The van der Waals surface area contributed by atoms with Crippen LogP contribution in [0, 0.1) is 17.0 Å². The highest BCUT2D eigenvalue weighted by Crippen LogP contribution is 2.18. The van der Waals surface area contributed by atoms with Gasteiger partial charge in [0, 0.05) is 48.0 Å². The summed E-state index contributed by atoms with van der Waals surface area (Å²) in [7, 11) is 0. The standard InChI is InChI=1S/C17H24N6O3S2/c1-13-14(22-12-21-13)10-27-7-5-19-17(9-23(25)26)20-6-8-28-11-15-16(24)3-2-4-18-15/h2-4,9,12,19-20,24H,5-8,10-11H2,1H3,(H,21,22). The van der Waals surface area contributed by atoms with Crippen molar-refractivity contribution in [2.75, 3.05) is 24.6 Å². The van der Waals surface area contributed by atoms with Crippen molar-refractivity contribution in [2.45, 2.75) is 18.4 Å². The molecule has 0 atom stereocenters. The average molecular weight is 425 g/mol. The topological polar surface area (TPSA) is 129 Å². The predicted molar refractivity (Wildman–Crippen MR) is 113 cm³/mol. The molecule has 11 heteroatoms. The fraction of sp³-hybridized carbons (Fsp3) is 0.412. The van der Waals surface area contributed by atoms with Gasteiger partial charge in [-0.25, -0.2) is 4.98 Å². The number of pyridine rings is 1. The van der Waals surface area contributed by atoms with Crippen LogP contribution in [-0.2, 0) is 11.5 Å². The van der Waals surface area contributed by atoms with Crippen molar-refractivity contribution in [3.63, 3.8) is 0 Å². The van der Waals surface area contributed by atoms with Gasteiger partial charge in [-0.2, -0.15) is 23.5 Å². The maximum absolute atomic E-state index is 10.8. The van der Waals surface area contributed by atoms with Gasteiger partial charge in [0.05, 0.1) is 22.6 Å². The van der Waals surface area contributed by atoms with Crippen LogP contribution in [0.2, 0.25) is 0 Å². The van der Waals surface area contributed by atoms with Crippen LogP contribution in [0.1, 0.15) is 17.1 Å². The van der Waals surface area contributed by atoms with Gasteiger partial charge in [0.1, 0.15) is 5.75 Å². The van der Waals surface area contributed by atoms with Gasteiger partial charge < -0.3 is 20.7 Å². The lowest BCUT2D eigenvalue weighted by molar-refractivity contribution is -0.404. The maximum atomic E-state index is 10.8. The molecule has 0 bridgehead atoms. The lowest BCUT2D eigenvalue weighted by Crippen LogP contribution is -2.30. The summed E-state index contributed by atoms with van der Waals surface area (Å²) in [5, 5.41) is 26.6. The van der Waals surface area contributed by atoms with Gasteiger partial charge in [-0.05, 0) is 19.1 Å². The molecule has 152 valence electrons.